The van der Waals surface area contributed by atoms with Gasteiger partial charge in [0.2, 0.25) is 0 Å². The molecule has 0 unspecified atom stereocenters. The molecule has 0 atom stereocenters. The van der Waals surface area contributed by atoms with E-state index in [1.54, 1.807) is 0 Å². The average Bonchev–Trinajstić information content (AvgIpc) is 3.82. The Bertz CT molecular complexity index is 3390. The maximum Gasteiger partial charge on any atom is 0.135 e. The lowest BCUT2D eigenvalue weighted by molar-refractivity contribution is 0.668. The summed E-state index contributed by atoms with van der Waals surface area (Å²) in [6.45, 7) is 0. The van der Waals surface area contributed by atoms with Gasteiger partial charge in [-0.25, -0.2) is 0 Å². The molecule has 2 heterocycles. The van der Waals surface area contributed by atoms with Crippen LogP contribution >= 0.6 is 0 Å². The summed E-state index contributed by atoms with van der Waals surface area (Å²) >= 11 is 0. The third-order valence-electron chi connectivity index (χ3n) is 11.9. The van der Waals surface area contributed by atoms with E-state index in [9.17, 15) is 0 Å². The molecule has 0 aliphatic carbocycles. The minimum absolute atomic E-state index is 0.714. The molecular weight excluding hydrogens is 709 g/mol. The van der Waals surface area contributed by atoms with E-state index in [0.717, 1.165) is 66.1 Å². The smallest absolute Gasteiger partial charge is 0.135 e. The largest absolute Gasteiger partial charge is 0.456 e. The molecule has 12 rings (SSSR count). The molecule has 0 radical (unpaired) electrons. The SMILES string of the molecule is Nc1ccc2oc3ccc(-c4cc5c6cc(-c7ccccc7)ccc6c(-c6ccc7oc8ccc(N)cc8c7c6)cc5c5cc(-c6ccccc6)ccc45)cc3c2c1. The van der Waals surface area contributed by atoms with Crippen molar-refractivity contribution < 1.29 is 8.83 Å². The number of nitrogen functional groups attached to an aromatic ring is 2. The van der Waals surface area contributed by atoms with Gasteiger partial charge >= 0.3 is 0 Å². The van der Waals surface area contributed by atoms with Gasteiger partial charge in [-0.3, -0.25) is 0 Å². The number of fused-ring (bicyclic) bond motifs is 11. The Kier molecular flexibility index (Phi) is 6.90. The Morgan fingerprint density at radius 2 is 0.586 bits per heavy atom. The maximum absolute atomic E-state index is 6.28. The molecule has 10 aromatic carbocycles. The molecule has 0 fully saturated rings. The number of benzene rings is 10. The van der Waals surface area contributed by atoms with Gasteiger partial charge in [-0.1, -0.05) is 97.1 Å². The van der Waals surface area contributed by atoms with E-state index in [2.05, 4.69) is 146 Å². The van der Waals surface area contributed by atoms with Crippen LogP contribution in [0.15, 0.2) is 191 Å². The Balaban J connectivity index is 1.20. The van der Waals surface area contributed by atoms with Gasteiger partial charge in [0.25, 0.3) is 0 Å². The topological polar surface area (TPSA) is 78.3 Å². The summed E-state index contributed by atoms with van der Waals surface area (Å²) < 4.78 is 12.5. The van der Waals surface area contributed by atoms with E-state index in [4.69, 9.17) is 20.3 Å². The van der Waals surface area contributed by atoms with Gasteiger partial charge in [0.1, 0.15) is 22.3 Å². The van der Waals surface area contributed by atoms with E-state index in [1.165, 1.54) is 54.6 Å². The van der Waals surface area contributed by atoms with Gasteiger partial charge in [0, 0.05) is 32.9 Å². The predicted octanol–water partition coefficient (Wildman–Crippen LogP) is 14.8. The summed E-state index contributed by atoms with van der Waals surface area (Å²) in [5.74, 6) is 0. The van der Waals surface area contributed by atoms with Gasteiger partial charge in [0.15, 0.2) is 0 Å². The lowest BCUT2D eigenvalue weighted by Crippen LogP contribution is -1.91. The molecule has 0 aliphatic heterocycles. The Morgan fingerprint density at radius 3 is 1.02 bits per heavy atom. The van der Waals surface area contributed by atoms with Crippen molar-refractivity contribution in [3.8, 4) is 44.5 Å². The van der Waals surface area contributed by atoms with Gasteiger partial charge in [-0.15, -0.1) is 0 Å². The molecule has 4 nitrogen and oxygen atoms in total. The van der Waals surface area contributed by atoms with Crippen molar-refractivity contribution in [2.75, 3.05) is 11.5 Å². The molecule has 0 spiro atoms. The molecule has 0 amide bonds. The second kappa shape index (κ2) is 12.3. The minimum Gasteiger partial charge on any atom is -0.456 e. The first kappa shape index (κ1) is 32.4. The zero-order chi connectivity index (χ0) is 38.5. The Labute approximate surface area is 333 Å². The lowest BCUT2D eigenvalue weighted by atomic mass is 9.85. The fourth-order valence-corrected chi connectivity index (χ4v) is 9.07. The summed E-state index contributed by atoms with van der Waals surface area (Å²) in [6, 6.07) is 64.7. The Morgan fingerprint density at radius 1 is 0.241 bits per heavy atom. The van der Waals surface area contributed by atoms with Crippen molar-refractivity contribution in [1.29, 1.82) is 0 Å². The number of anilines is 2. The number of furan rings is 2. The van der Waals surface area contributed by atoms with Crippen LogP contribution in [0.3, 0.4) is 0 Å². The highest BCUT2D eigenvalue weighted by atomic mass is 16.3. The van der Waals surface area contributed by atoms with Crippen LogP contribution in [0.25, 0.3) is 121 Å². The highest BCUT2D eigenvalue weighted by Crippen LogP contribution is 2.45. The van der Waals surface area contributed by atoms with Crippen molar-refractivity contribution in [2.45, 2.75) is 0 Å². The molecule has 0 aliphatic rings. The van der Waals surface area contributed by atoms with E-state index < -0.39 is 0 Å². The molecule has 272 valence electrons. The highest BCUT2D eigenvalue weighted by molar-refractivity contribution is 6.25. The first-order valence-corrected chi connectivity index (χ1v) is 19.5. The molecule has 4 heteroatoms. The lowest BCUT2D eigenvalue weighted by Gasteiger charge is -2.18. The molecule has 0 saturated carbocycles. The van der Waals surface area contributed by atoms with Crippen molar-refractivity contribution in [3.05, 3.63) is 182 Å². The number of hydrogen-bond donors (Lipinski definition) is 2. The minimum atomic E-state index is 0.714. The fraction of sp³-hybridized carbons (Fsp3) is 0. The summed E-state index contributed by atoms with van der Waals surface area (Å²) in [7, 11) is 0. The zero-order valence-corrected chi connectivity index (χ0v) is 31.3. The molecule has 2 aromatic heterocycles. The van der Waals surface area contributed by atoms with Crippen LogP contribution in [0.4, 0.5) is 11.4 Å². The first-order chi connectivity index (χ1) is 28.5. The van der Waals surface area contributed by atoms with Crippen LogP contribution in [0.2, 0.25) is 0 Å². The zero-order valence-electron chi connectivity index (χ0n) is 31.3. The van der Waals surface area contributed by atoms with E-state index in [-0.39, 0.29) is 0 Å². The molecule has 0 saturated heterocycles. The second-order valence-electron chi connectivity index (χ2n) is 15.3. The second-order valence-corrected chi connectivity index (χ2v) is 15.3. The van der Waals surface area contributed by atoms with Crippen LogP contribution in [0, 0.1) is 0 Å². The van der Waals surface area contributed by atoms with Crippen LogP contribution < -0.4 is 11.5 Å². The van der Waals surface area contributed by atoms with E-state index in [1.807, 2.05) is 36.4 Å². The third kappa shape index (κ3) is 5.02. The summed E-state index contributed by atoms with van der Waals surface area (Å²) in [5, 5.41) is 11.2. The van der Waals surface area contributed by atoms with Crippen molar-refractivity contribution in [3.63, 3.8) is 0 Å². The van der Waals surface area contributed by atoms with E-state index in [0.29, 0.717) is 11.4 Å². The van der Waals surface area contributed by atoms with Crippen molar-refractivity contribution in [1.82, 2.24) is 0 Å². The van der Waals surface area contributed by atoms with Crippen molar-refractivity contribution in [2.24, 2.45) is 0 Å². The van der Waals surface area contributed by atoms with Crippen LogP contribution in [0.1, 0.15) is 0 Å². The van der Waals surface area contributed by atoms with Gasteiger partial charge in [-0.2, -0.15) is 0 Å². The first-order valence-electron chi connectivity index (χ1n) is 19.5. The number of rotatable bonds is 4. The third-order valence-corrected chi connectivity index (χ3v) is 11.9. The number of nitrogens with two attached hydrogens (primary N) is 2. The van der Waals surface area contributed by atoms with Crippen LogP contribution in [-0.2, 0) is 0 Å². The fourth-order valence-electron chi connectivity index (χ4n) is 9.07. The van der Waals surface area contributed by atoms with Gasteiger partial charge in [-0.05, 0) is 162 Å². The maximum atomic E-state index is 6.28. The summed E-state index contributed by atoms with van der Waals surface area (Å²) in [4.78, 5) is 0. The molecule has 12 aromatic rings. The average molecular weight is 743 g/mol. The van der Waals surface area contributed by atoms with Gasteiger partial charge in [0.05, 0.1) is 0 Å². The quantitative estimate of drug-likeness (QED) is 0.139. The summed E-state index contributed by atoms with van der Waals surface area (Å²) in [6.07, 6.45) is 0. The van der Waals surface area contributed by atoms with E-state index >= 15 is 0 Å². The standard InChI is InChI=1S/C54H34N2O2/c55-37-15-21-53-49(27-37)47-25-35(13-19-51(47)57-53)41-30-46-44-24-34(32-9-5-2-6-10-32)12-18-40(44)42(36-14-20-52-48(26-36)50-28-38(56)16-22-54(50)58-52)29-45(46)43-23-33(11-17-39(41)43)31-7-3-1-4-8-31/h1-30H,55-56H2. The normalized spacial score (nSPS) is 11.9. The monoisotopic (exact) mass is 742 g/mol. The number of hydrogen-bond acceptors (Lipinski definition) is 4. The van der Waals surface area contributed by atoms with Gasteiger partial charge < -0.3 is 20.3 Å². The van der Waals surface area contributed by atoms with Crippen LogP contribution in [-0.4, -0.2) is 0 Å². The predicted molar refractivity (Wildman–Crippen MR) is 244 cm³/mol. The molecule has 0 bridgehead atoms. The van der Waals surface area contributed by atoms with Crippen LogP contribution in [0.5, 0.6) is 0 Å². The summed E-state index contributed by atoms with van der Waals surface area (Å²) in [5.41, 5.74) is 26.6. The Hall–Kier alpha value is -7.82. The molecule has 58 heavy (non-hydrogen) atoms. The highest BCUT2D eigenvalue weighted by Gasteiger charge is 2.19. The molecule has 4 N–H and O–H groups in total. The molecular formula is C54H34N2O2. The van der Waals surface area contributed by atoms with Crippen molar-refractivity contribution >= 4 is 87.6 Å².